The SMILES string of the molecule is C/N=N\C=C(/CCc1cc(O)c(O)c(OC)c1)c1ccc(OC)cc1O. The van der Waals surface area contributed by atoms with Crippen molar-refractivity contribution in [2.45, 2.75) is 12.8 Å². The molecule has 0 heterocycles. The Hall–Kier alpha value is -3.22. The third-order valence-corrected chi connectivity index (χ3v) is 3.90. The van der Waals surface area contributed by atoms with Crippen LogP contribution in [0.3, 0.4) is 0 Å². The van der Waals surface area contributed by atoms with Gasteiger partial charge in [0.05, 0.1) is 20.4 Å². The van der Waals surface area contributed by atoms with Crippen molar-refractivity contribution in [2.75, 3.05) is 21.3 Å². The lowest BCUT2D eigenvalue weighted by atomic mass is 9.98. The first-order chi connectivity index (χ1) is 12.5. The van der Waals surface area contributed by atoms with Gasteiger partial charge in [-0.2, -0.15) is 10.2 Å². The molecule has 0 aliphatic heterocycles. The lowest BCUT2D eigenvalue weighted by molar-refractivity contribution is 0.350. The third kappa shape index (κ3) is 4.44. The molecule has 0 fully saturated rings. The van der Waals surface area contributed by atoms with Gasteiger partial charge in [-0.3, -0.25) is 0 Å². The quantitative estimate of drug-likeness (QED) is 0.515. The Labute approximate surface area is 151 Å². The van der Waals surface area contributed by atoms with Crippen LogP contribution in [0.25, 0.3) is 5.57 Å². The fourth-order valence-electron chi connectivity index (χ4n) is 2.53. The largest absolute Gasteiger partial charge is 0.507 e. The summed E-state index contributed by atoms with van der Waals surface area (Å²) in [6.07, 6.45) is 2.63. The van der Waals surface area contributed by atoms with Gasteiger partial charge in [0.15, 0.2) is 11.5 Å². The zero-order chi connectivity index (χ0) is 19.1. The predicted octanol–water partition coefficient (Wildman–Crippen LogP) is 3.88. The molecule has 0 saturated carbocycles. The summed E-state index contributed by atoms with van der Waals surface area (Å²) in [5.74, 6) is 0.292. The predicted molar refractivity (Wildman–Crippen MR) is 98.1 cm³/mol. The summed E-state index contributed by atoms with van der Waals surface area (Å²) in [7, 11) is 4.51. The van der Waals surface area contributed by atoms with Gasteiger partial charge < -0.3 is 24.8 Å². The second-order valence-electron chi connectivity index (χ2n) is 5.52. The van der Waals surface area contributed by atoms with Gasteiger partial charge in [0.1, 0.15) is 11.5 Å². The fourth-order valence-corrected chi connectivity index (χ4v) is 2.53. The number of phenolic OH excluding ortho intramolecular Hbond substituents is 3. The molecule has 0 spiro atoms. The van der Waals surface area contributed by atoms with Crippen molar-refractivity contribution in [1.29, 1.82) is 0 Å². The fraction of sp³-hybridized carbons (Fsp3) is 0.263. The van der Waals surface area contributed by atoms with E-state index in [4.69, 9.17) is 9.47 Å². The maximum absolute atomic E-state index is 10.3. The lowest BCUT2D eigenvalue weighted by Gasteiger charge is -2.12. The van der Waals surface area contributed by atoms with Crippen molar-refractivity contribution in [3.05, 3.63) is 47.7 Å². The summed E-state index contributed by atoms with van der Waals surface area (Å²) in [6, 6.07) is 8.16. The van der Waals surface area contributed by atoms with E-state index in [2.05, 4.69) is 10.2 Å². The van der Waals surface area contributed by atoms with Crippen LogP contribution < -0.4 is 9.47 Å². The van der Waals surface area contributed by atoms with Gasteiger partial charge >= 0.3 is 0 Å². The number of methoxy groups -OCH3 is 2. The Bertz CT molecular complexity index is 831. The van der Waals surface area contributed by atoms with Crippen molar-refractivity contribution in [1.82, 2.24) is 0 Å². The molecule has 0 aliphatic rings. The van der Waals surface area contributed by atoms with Gasteiger partial charge in [-0.25, -0.2) is 0 Å². The van der Waals surface area contributed by atoms with Gasteiger partial charge in [0.25, 0.3) is 0 Å². The smallest absolute Gasteiger partial charge is 0.200 e. The summed E-state index contributed by atoms with van der Waals surface area (Å²) >= 11 is 0. The summed E-state index contributed by atoms with van der Waals surface area (Å²) in [5.41, 5.74) is 2.15. The zero-order valence-electron chi connectivity index (χ0n) is 14.9. The van der Waals surface area contributed by atoms with Crippen molar-refractivity contribution in [3.8, 4) is 28.7 Å². The first kappa shape index (κ1) is 19.1. The maximum atomic E-state index is 10.3. The van der Waals surface area contributed by atoms with Gasteiger partial charge in [-0.05, 0) is 48.2 Å². The minimum absolute atomic E-state index is 0.0769. The second kappa shape index (κ2) is 8.75. The van der Waals surface area contributed by atoms with Crippen LogP contribution in [0.4, 0.5) is 0 Å². The van der Waals surface area contributed by atoms with E-state index < -0.39 is 0 Å². The molecule has 7 nitrogen and oxygen atoms in total. The highest BCUT2D eigenvalue weighted by atomic mass is 16.5. The number of rotatable bonds is 7. The van der Waals surface area contributed by atoms with Crippen LogP contribution >= 0.6 is 0 Å². The molecule has 0 aliphatic carbocycles. The van der Waals surface area contributed by atoms with E-state index in [9.17, 15) is 15.3 Å². The molecule has 2 rings (SSSR count). The molecular formula is C19H22N2O5. The maximum Gasteiger partial charge on any atom is 0.200 e. The molecule has 0 saturated heterocycles. The van der Waals surface area contributed by atoms with E-state index in [1.54, 1.807) is 31.4 Å². The number of nitrogens with zero attached hydrogens (tertiary/aromatic N) is 2. The van der Waals surface area contributed by atoms with Crippen LogP contribution in [0.2, 0.25) is 0 Å². The average Bonchev–Trinajstić information content (AvgIpc) is 2.64. The highest BCUT2D eigenvalue weighted by Crippen LogP contribution is 2.37. The molecule has 26 heavy (non-hydrogen) atoms. The van der Waals surface area contributed by atoms with Crippen molar-refractivity contribution in [2.24, 2.45) is 10.2 Å². The van der Waals surface area contributed by atoms with Crippen LogP contribution in [-0.4, -0.2) is 36.6 Å². The Morgan fingerprint density at radius 3 is 2.42 bits per heavy atom. The number of benzene rings is 2. The number of hydrogen-bond donors (Lipinski definition) is 3. The first-order valence-corrected chi connectivity index (χ1v) is 7.94. The molecule has 0 bridgehead atoms. The number of phenols is 3. The van der Waals surface area contributed by atoms with Crippen LogP contribution in [0.15, 0.2) is 46.8 Å². The summed E-state index contributed by atoms with van der Waals surface area (Å²) in [6.45, 7) is 0. The molecular weight excluding hydrogens is 336 g/mol. The van der Waals surface area contributed by atoms with E-state index in [0.717, 1.165) is 11.1 Å². The highest BCUT2D eigenvalue weighted by Gasteiger charge is 2.13. The normalized spacial score (nSPS) is 11.7. The highest BCUT2D eigenvalue weighted by molar-refractivity contribution is 5.71. The van der Waals surface area contributed by atoms with Crippen molar-refractivity contribution < 1.29 is 24.8 Å². The Morgan fingerprint density at radius 1 is 1.04 bits per heavy atom. The van der Waals surface area contributed by atoms with E-state index in [-0.39, 0.29) is 23.0 Å². The molecule has 0 atom stereocenters. The van der Waals surface area contributed by atoms with Crippen molar-refractivity contribution >= 4 is 5.57 Å². The van der Waals surface area contributed by atoms with Gasteiger partial charge in [-0.15, -0.1) is 0 Å². The number of allylic oxidation sites excluding steroid dienone is 1. The monoisotopic (exact) mass is 358 g/mol. The molecule has 0 aromatic heterocycles. The van der Waals surface area contributed by atoms with Gasteiger partial charge in [0, 0.05) is 18.7 Å². The molecule has 0 amide bonds. The Balaban J connectivity index is 2.29. The van der Waals surface area contributed by atoms with Crippen LogP contribution in [0.5, 0.6) is 28.7 Å². The summed E-state index contributed by atoms with van der Waals surface area (Å²) in [4.78, 5) is 0. The van der Waals surface area contributed by atoms with E-state index >= 15 is 0 Å². The number of aromatic hydroxyl groups is 3. The van der Waals surface area contributed by atoms with Crippen LogP contribution in [-0.2, 0) is 6.42 Å². The topological polar surface area (TPSA) is 104 Å². The molecule has 0 unspecified atom stereocenters. The summed E-state index contributed by atoms with van der Waals surface area (Å²) in [5, 5.41) is 37.4. The number of azo groups is 1. The molecule has 138 valence electrons. The molecule has 3 N–H and O–H groups in total. The van der Waals surface area contributed by atoms with Gasteiger partial charge in [0.2, 0.25) is 5.75 Å². The van der Waals surface area contributed by atoms with Crippen molar-refractivity contribution in [3.63, 3.8) is 0 Å². The second-order valence-corrected chi connectivity index (χ2v) is 5.52. The Kier molecular flexibility index (Phi) is 6.43. The summed E-state index contributed by atoms with van der Waals surface area (Å²) < 4.78 is 10.2. The molecule has 0 radical (unpaired) electrons. The van der Waals surface area contributed by atoms with E-state index in [0.29, 0.717) is 24.2 Å². The van der Waals surface area contributed by atoms with E-state index in [1.807, 2.05) is 0 Å². The number of hydrogen-bond acceptors (Lipinski definition) is 7. The minimum atomic E-state index is -0.292. The zero-order valence-corrected chi connectivity index (χ0v) is 14.9. The van der Waals surface area contributed by atoms with Crippen LogP contribution in [0, 0.1) is 0 Å². The molecule has 2 aromatic rings. The average molecular weight is 358 g/mol. The number of ether oxygens (including phenoxy) is 2. The molecule has 7 heteroatoms. The third-order valence-electron chi connectivity index (χ3n) is 3.90. The number of aryl methyl sites for hydroxylation is 1. The van der Waals surface area contributed by atoms with Crippen LogP contribution in [0.1, 0.15) is 17.5 Å². The van der Waals surface area contributed by atoms with E-state index in [1.165, 1.54) is 26.4 Å². The lowest BCUT2D eigenvalue weighted by Crippen LogP contribution is -1.93. The standard InChI is InChI=1S/C19H22N2O5/c1-20-21-11-13(15-7-6-14(25-2)10-16(15)22)5-4-12-8-17(23)19(24)18(9-12)26-3/h6-11,22-24H,4-5H2,1-3H3/b13-11+,21-20-. The van der Waals surface area contributed by atoms with Gasteiger partial charge in [-0.1, -0.05) is 0 Å². The molecule has 2 aromatic carbocycles. The first-order valence-electron chi connectivity index (χ1n) is 7.94. The minimum Gasteiger partial charge on any atom is -0.507 e. The Morgan fingerprint density at radius 2 is 1.81 bits per heavy atom.